The van der Waals surface area contributed by atoms with Crippen LogP contribution in [0.5, 0.6) is 0 Å². The first-order chi connectivity index (χ1) is 10.6. The molecule has 134 valence electrons. The molecule has 0 aromatic heterocycles. The van der Waals surface area contributed by atoms with Gasteiger partial charge in [-0.25, -0.2) is 0 Å². The maximum absolute atomic E-state index is 12.5. The maximum atomic E-state index is 12.5. The Bertz CT molecular complexity index is 399. The van der Waals surface area contributed by atoms with Crippen LogP contribution in [0, 0.1) is 11.8 Å². The van der Waals surface area contributed by atoms with Gasteiger partial charge in [0.1, 0.15) is 0 Å². The Labute approximate surface area is 137 Å². The Morgan fingerprint density at radius 2 is 2.04 bits per heavy atom. The van der Waals surface area contributed by atoms with E-state index in [1.165, 1.54) is 4.90 Å². The average Bonchev–Trinajstić information content (AvgIpc) is 2.83. The van der Waals surface area contributed by atoms with E-state index in [1.54, 1.807) is 0 Å². The molecule has 8 nitrogen and oxygen atoms in total. The predicted octanol–water partition coefficient (Wildman–Crippen LogP) is -1.92. The molecule has 4 atom stereocenters. The SMILES string of the molecule is CC[C@H](C)[C@H](N)C(=O)N1CC(CCCB(O)O)[C@](N)(C(O)O)C1. The number of amides is 1. The summed E-state index contributed by atoms with van der Waals surface area (Å²) in [7, 11) is -1.40. The standard InChI is InChI=1S/C14H30BN3O5/c1-3-9(2)11(16)12(19)18-7-10(5-4-6-15(22)23)14(17,8-18)13(20)21/h9-11,13,20-23H,3-8,16-17H2,1-2H3/t9-,10?,11-,14-/m0/s1. The summed E-state index contributed by atoms with van der Waals surface area (Å²) >= 11 is 0. The summed E-state index contributed by atoms with van der Waals surface area (Å²) in [6.07, 6.45) is 0.120. The van der Waals surface area contributed by atoms with Gasteiger partial charge in [-0.2, -0.15) is 0 Å². The molecule has 1 aliphatic heterocycles. The fourth-order valence-corrected chi connectivity index (χ4v) is 3.04. The molecule has 23 heavy (non-hydrogen) atoms. The number of nitrogens with two attached hydrogens (primary N) is 2. The molecule has 1 amide bonds. The monoisotopic (exact) mass is 331 g/mol. The first-order valence-electron chi connectivity index (χ1n) is 8.19. The molecular weight excluding hydrogens is 301 g/mol. The summed E-state index contributed by atoms with van der Waals surface area (Å²) in [4.78, 5) is 14.0. The van der Waals surface area contributed by atoms with Crippen LogP contribution in [-0.4, -0.2) is 69.1 Å². The molecule has 1 heterocycles. The molecule has 0 aromatic carbocycles. The van der Waals surface area contributed by atoms with E-state index >= 15 is 0 Å². The van der Waals surface area contributed by atoms with E-state index in [9.17, 15) is 15.0 Å². The molecular formula is C14H30BN3O5. The number of rotatable bonds is 8. The van der Waals surface area contributed by atoms with Crippen LogP contribution in [0.3, 0.4) is 0 Å². The lowest BCUT2D eigenvalue weighted by Gasteiger charge is -2.32. The minimum atomic E-state index is -1.76. The molecule has 0 radical (unpaired) electrons. The Morgan fingerprint density at radius 1 is 1.43 bits per heavy atom. The van der Waals surface area contributed by atoms with Crippen LogP contribution in [-0.2, 0) is 4.79 Å². The number of nitrogens with zero attached hydrogens (tertiary/aromatic N) is 1. The number of aliphatic hydroxyl groups excluding tert-OH is 1. The summed E-state index contributed by atoms with van der Waals surface area (Å²) in [6, 6.07) is -0.641. The van der Waals surface area contributed by atoms with Crippen molar-refractivity contribution in [3.63, 3.8) is 0 Å². The molecule has 1 aliphatic rings. The lowest BCUT2D eigenvalue weighted by atomic mass is 9.78. The van der Waals surface area contributed by atoms with Gasteiger partial charge in [-0.1, -0.05) is 26.7 Å². The van der Waals surface area contributed by atoms with Crippen molar-refractivity contribution >= 4 is 13.0 Å². The number of hydrogen-bond acceptors (Lipinski definition) is 7. The number of aliphatic hydroxyl groups is 2. The van der Waals surface area contributed by atoms with Gasteiger partial charge < -0.3 is 36.6 Å². The Hall–Kier alpha value is -0.705. The molecule has 0 saturated carbocycles. The van der Waals surface area contributed by atoms with E-state index in [0.717, 1.165) is 6.42 Å². The smallest absolute Gasteiger partial charge is 0.427 e. The molecule has 0 bridgehead atoms. The lowest BCUT2D eigenvalue weighted by Crippen LogP contribution is -2.58. The summed E-state index contributed by atoms with van der Waals surface area (Å²) in [5.74, 6) is -0.550. The number of carbonyl (C=O) groups excluding carboxylic acids is 1. The number of hydrogen-bond donors (Lipinski definition) is 6. The van der Waals surface area contributed by atoms with E-state index in [-0.39, 0.29) is 30.6 Å². The average molecular weight is 331 g/mol. The van der Waals surface area contributed by atoms with Gasteiger partial charge in [0, 0.05) is 19.0 Å². The molecule has 1 unspecified atom stereocenters. The highest BCUT2D eigenvalue weighted by Gasteiger charge is 2.50. The van der Waals surface area contributed by atoms with Crippen molar-refractivity contribution in [2.24, 2.45) is 23.3 Å². The number of likely N-dealkylation sites (tertiary alicyclic amines) is 1. The van der Waals surface area contributed by atoms with E-state index < -0.39 is 25.0 Å². The van der Waals surface area contributed by atoms with Gasteiger partial charge in [-0.3, -0.25) is 4.79 Å². The lowest BCUT2D eigenvalue weighted by molar-refractivity contribution is -0.134. The van der Waals surface area contributed by atoms with Crippen molar-refractivity contribution in [1.29, 1.82) is 0 Å². The van der Waals surface area contributed by atoms with Crippen molar-refractivity contribution in [1.82, 2.24) is 4.90 Å². The molecule has 0 aliphatic carbocycles. The van der Waals surface area contributed by atoms with Gasteiger partial charge in [0.15, 0.2) is 6.29 Å². The van der Waals surface area contributed by atoms with Gasteiger partial charge >= 0.3 is 7.12 Å². The van der Waals surface area contributed by atoms with Gasteiger partial charge in [0.25, 0.3) is 0 Å². The second-order valence-electron chi connectivity index (χ2n) is 6.72. The minimum Gasteiger partial charge on any atom is -0.427 e. The van der Waals surface area contributed by atoms with E-state index in [2.05, 4.69) is 0 Å². The van der Waals surface area contributed by atoms with Crippen LogP contribution in [0.15, 0.2) is 0 Å². The molecule has 0 aromatic rings. The third-order valence-corrected chi connectivity index (χ3v) is 5.02. The highest BCUT2D eigenvalue weighted by Crippen LogP contribution is 2.32. The van der Waals surface area contributed by atoms with Crippen LogP contribution in [0.4, 0.5) is 0 Å². The Kier molecular flexibility index (Phi) is 7.44. The third kappa shape index (κ3) is 4.88. The van der Waals surface area contributed by atoms with E-state index in [4.69, 9.17) is 21.5 Å². The predicted molar refractivity (Wildman–Crippen MR) is 86.9 cm³/mol. The van der Waals surface area contributed by atoms with Gasteiger partial charge in [0.05, 0.1) is 11.6 Å². The molecule has 9 heteroatoms. The van der Waals surface area contributed by atoms with Gasteiger partial charge in [-0.15, -0.1) is 0 Å². The molecule has 0 spiro atoms. The third-order valence-electron chi connectivity index (χ3n) is 5.02. The second kappa shape index (κ2) is 8.41. The summed E-state index contributed by atoms with van der Waals surface area (Å²) in [6.45, 7) is 4.17. The normalized spacial score (nSPS) is 27.3. The summed E-state index contributed by atoms with van der Waals surface area (Å²) in [5.41, 5.74) is 10.8. The van der Waals surface area contributed by atoms with Crippen molar-refractivity contribution in [2.45, 2.75) is 57.3 Å². The fraction of sp³-hybridized carbons (Fsp3) is 0.929. The molecule has 1 saturated heterocycles. The number of carbonyl (C=O) groups is 1. The first-order valence-corrected chi connectivity index (χ1v) is 8.19. The Balaban J connectivity index is 2.77. The maximum Gasteiger partial charge on any atom is 0.451 e. The first kappa shape index (κ1) is 20.3. The van der Waals surface area contributed by atoms with E-state index in [1.807, 2.05) is 13.8 Å². The molecule has 1 rings (SSSR count). The summed E-state index contributed by atoms with van der Waals surface area (Å²) in [5, 5.41) is 37.1. The fourth-order valence-electron chi connectivity index (χ4n) is 3.04. The van der Waals surface area contributed by atoms with Crippen LogP contribution < -0.4 is 11.5 Å². The van der Waals surface area contributed by atoms with Crippen molar-refractivity contribution < 1.29 is 25.1 Å². The van der Waals surface area contributed by atoms with Crippen LogP contribution in [0.1, 0.15) is 33.1 Å². The zero-order valence-corrected chi connectivity index (χ0v) is 13.9. The molecule has 1 fully saturated rings. The van der Waals surface area contributed by atoms with E-state index in [0.29, 0.717) is 19.4 Å². The van der Waals surface area contributed by atoms with Crippen LogP contribution in [0.25, 0.3) is 0 Å². The topological polar surface area (TPSA) is 153 Å². The molecule has 8 N–H and O–H groups in total. The van der Waals surface area contributed by atoms with Crippen molar-refractivity contribution in [3.8, 4) is 0 Å². The van der Waals surface area contributed by atoms with Gasteiger partial charge in [0.2, 0.25) is 5.91 Å². The highest BCUT2D eigenvalue weighted by molar-refractivity contribution is 6.40. The second-order valence-corrected chi connectivity index (χ2v) is 6.72. The summed E-state index contributed by atoms with van der Waals surface area (Å²) < 4.78 is 0. The Morgan fingerprint density at radius 3 is 2.52 bits per heavy atom. The van der Waals surface area contributed by atoms with Crippen LogP contribution >= 0.6 is 0 Å². The van der Waals surface area contributed by atoms with Gasteiger partial charge in [-0.05, 0) is 18.7 Å². The quantitative estimate of drug-likeness (QED) is 0.224. The highest BCUT2D eigenvalue weighted by atomic mass is 16.5. The minimum absolute atomic E-state index is 0.0253. The van der Waals surface area contributed by atoms with Crippen LogP contribution in [0.2, 0.25) is 6.32 Å². The zero-order valence-electron chi connectivity index (χ0n) is 13.9. The van der Waals surface area contributed by atoms with Crippen molar-refractivity contribution in [3.05, 3.63) is 0 Å². The van der Waals surface area contributed by atoms with Crippen molar-refractivity contribution in [2.75, 3.05) is 13.1 Å². The zero-order chi connectivity index (χ0) is 17.8. The largest absolute Gasteiger partial charge is 0.451 e.